The van der Waals surface area contributed by atoms with E-state index in [2.05, 4.69) is 97.0 Å². The minimum atomic E-state index is 0.857. The maximum atomic E-state index is 5.34. The van der Waals surface area contributed by atoms with E-state index in [9.17, 15) is 0 Å². The first-order valence-corrected chi connectivity index (χ1v) is 10.1. The molecule has 3 aromatic carbocycles. The number of allylic oxidation sites excluding steroid dienone is 1. The molecule has 0 aliphatic heterocycles. The average molecular weight is 380 g/mol. The fraction of sp³-hybridized carbons (Fsp3) is 0.148. The molecule has 0 unspecified atom stereocenters. The Balaban J connectivity index is 1.86. The number of benzene rings is 3. The molecule has 1 aromatic heterocycles. The summed E-state index contributed by atoms with van der Waals surface area (Å²) in [5.74, 6) is 0.857. The first-order valence-electron chi connectivity index (χ1n) is 10.1. The number of hydrogen-bond donors (Lipinski definition) is 0. The lowest BCUT2D eigenvalue weighted by atomic mass is 9.87. The van der Waals surface area contributed by atoms with E-state index in [1.54, 1.807) is 0 Å². The largest absolute Gasteiger partial charge is 0.361 e. The highest BCUT2D eigenvalue weighted by molar-refractivity contribution is 5.98. The van der Waals surface area contributed by atoms with E-state index < -0.39 is 0 Å². The Labute approximate surface area is 172 Å². The van der Waals surface area contributed by atoms with Gasteiger partial charge in [0.25, 0.3) is 0 Å². The van der Waals surface area contributed by atoms with Crippen molar-refractivity contribution in [3.8, 4) is 11.1 Å². The van der Waals surface area contributed by atoms with Gasteiger partial charge >= 0.3 is 0 Å². The lowest BCUT2D eigenvalue weighted by Crippen LogP contribution is -1.95. The van der Waals surface area contributed by atoms with Gasteiger partial charge < -0.3 is 4.52 Å². The predicted molar refractivity (Wildman–Crippen MR) is 121 cm³/mol. The number of aryl methyl sites for hydroxylation is 2. The summed E-state index contributed by atoms with van der Waals surface area (Å²) >= 11 is 0. The Hall–Kier alpha value is -3.39. The molecule has 4 rings (SSSR count). The van der Waals surface area contributed by atoms with Crippen molar-refractivity contribution in [2.75, 3.05) is 0 Å². The van der Waals surface area contributed by atoms with Gasteiger partial charge in [-0.25, -0.2) is 0 Å². The fourth-order valence-corrected chi connectivity index (χ4v) is 3.98. The Morgan fingerprint density at radius 3 is 1.72 bits per heavy atom. The van der Waals surface area contributed by atoms with Crippen LogP contribution in [0.5, 0.6) is 0 Å². The highest BCUT2D eigenvalue weighted by atomic mass is 16.5. The minimum Gasteiger partial charge on any atom is -0.361 e. The molecule has 0 atom stereocenters. The van der Waals surface area contributed by atoms with Crippen molar-refractivity contribution in [2.45, 2.75) is 27.2 Å². The third kappa shape index (κ3) is 3.79. The molecule has 0 aliphatic carbocycles. The Morgan fingerprint density at radius 1 is 0.724 bits per heavy atom. The standard InChI is InChI=1S/C27H25NO/c1-4-25(21-15-17-24(18-16-21)26-19(2)28-29-20(26)3)27(22-11-7-5-8-12-22)23-13-9-6-10-14-23/h5-18H,4H2,1-3H3. The van der Waals surface area contributed by atoms with Crippen molar-refractivity contribution in [3.63, 3.8) is 0 Å². The van der Waals surface area contributed by atoms with Gasteiger partial charge in [-0.15, -0.1) is 0 Å². The van der Waals surface area contributed by atoms with Crippen LogP contribution in [0, 0.1) is 13.8 Å². The number of nitrogens with zero attached hydrogens (tertiary/aromatic N) is 1. The lowest BCUT2D eigenvalue weighted by Gasteiger charge is -2.16. The van der Waals surface area contributed by atoms with Crippen LogP contribution in [0.3, 0.4) is 0 Å². The number of rotatable bonds is 5. The van der Waals surface area contributed by atoms with Crippen molar-refractivity contribution >= 4 is 11.1 Å². The first-order chi connectivity index (χ1) is 14.2. The molecule has 0 N–H and O–H groups in total. The van der Waals surface area contributed by atoms with Crippen molar-refractivity contribution in [1.29, 1.82) is 0 Å². The summed E-state index contributed by atoms with van der Waals surface area (Å²) in [6, 6.07) is 30.1. The Bertz CT molecular complexity index is 1060. The summed E-state index contributed by atoms with van der Waals surface area (Å²) in [6.07, 6.45) is 0.948. The summed E-state index contributed by atoms with van der Waals surface area (Å²) in [7, 11) is 0. The van der Waals surface area contributed by atoms with Crippen LogP contribution in [0.4, 0.5) is 0 Å². The van der Waals surface area contributed by atoms with E-state index in [-0.39, 0.29) is 0 Å². The van der Waals surface area contributed by atoms with Gasteiger partial charge in [-0.3, -0.25) is 0 Å². The molecule has 4 aromatic rings. The van der Waals surface area contributed by atoms with Crippen LogP contribution >= 0.6 is 0 Å². The van der Waals surface area contributed by atoms with Crippen LogP contribution in [0.1, 0.15) is 41.5 Å². The molecule has 29 heavy (non-hydrogen) atoms. The molecule has 2 heteroatoms. The highest BCUT2D eigenvalue weighted by Gasteiger charge is 2.14. The second kappa shape index (κ2) is 8.32. The van der Waals surface area contributed by atoms with E-state index in [1.165, 1.54) is 27.8 Å². The molecule has 0 aliphatic rings. The van der Waals surface area contributed by atoms with E-state index in [1.807, 2.05) is 13.8 Å². The van der Waals surface area contributed by atoms with Crippen LogP contribution in [0.15, 0.2) is 89.5 Å². The molecule has 0 saturated heterocycles. The van der Waals surface area contributed by atoms with Gasteiger partial charge in [-0.05, 0) is 53.7 Å². The molecule has 0 fully saturated rings. The van der Waals surface area contributed by atoms with Crippen LogP contribution in [-0.2, 0) is 0 Å². The zero-order valence-electron chi connectivity index (χ0n) is 17.1. The highest BCUT2D eigenvalue weighted by Crippen LogP contribution is 2.35. The molecular weight excluding hydrogens is 354 g/mol. The van der Waals surface area contributed by atoms with Gasteiger partial charge in [0.05, 0.1) is 5.69 Å². The van der Waals surface area contributed by atoms with E-state index in [0.717, 1.165) is 29.0 Å². The second-order valence-electron chi connectivity index (χ2n) is 7.22. The molecule has 0 saturated carbocycles. The average Bonchev–Trinajstić information content (AvgIpc) is 3.11. The molecule has 1 heterocycles. The third-order valence-corrected chi connectivity index (χ3v) is 5.34. The summed E-state index contributed by atoms with van der Waals surface area (Å²) < 4.78 is 5.34. The molecule has 0 bridgehead atoms. The molecule has 0 radical (unpaired) electrons. The van der Waals surface area contributed by atoms with Gasteiger partial charge in [-0.1, -0.05) is 97.0 Å². The predicted octanol–water partition coefficient (Wildman–Crippen LogP) is 7.33. The Morgan fingerprint density at radius 2 is 1.28 bits per heavy atom. The van der Waals surface area contributed by atoms with Gasteiger partial charge in [0, 0.05) is 5.56 Å². The summed E-state index contributed by atoms with van der Waals surface area (Å²) in [4.78, 5) is 0. The van der Waals surface area contributed by atoms with Crippen LogP contribution in [-0.4, -0.2) is 5.16 Å². The summed E-state index contributed by atoms with van der Waals surface area (Å²) in [6.45, 7) is 6.17. The van der Waals surface area contributed by atoms with E-state index >= 15 is 0 Å². The van der Waals surface area contributed by atoms with Gasteiger partial charge in [-0.2, -0.15) is 0 Å². The van der Waals surface area contributed by atoms with Crippen molar-refractivity contribution in [3.05, 3.63) is 113 Å². The minimum absolute atomic E-state index is 0.857. The van der Waals surface area contributed by atoms with Gasteiger partial charge in [0.2, 0.25) is 0 Å². The maximum Gasteiger partial charge on any atom is 0.141 e. The Kier molecular flexibility index (Phi) is 5.44. The van der Waals surface area contributed by atoms with Crippen LogP contribution in [0.25, 0.3) is 22.3 Å². The fourth-order valence-electron chi connectivity index (χ4n) is 3.98. The van der Waals surface area contributed by atoms with Crippen molar-refractivity contribution < 1.29 is 4.52 Å². The first kappa shape index (κ1) is 18.9. The monoisotopic (exact) mass is 379 g/mol. The van der Waals surface area contributed by atoms with Crippen molar-refractivity contribution in [2.24, 2.45) is 0 Å². The van der Waals surface area contributed by atoms with Crippen molar-refractivity contribution in [1.82, 2.24) is 5.16 Å². The molecule has 144 valence electrons. The topological polar surface area (TPSA) is 26.0 Å². The normalized spacial score (nSPS) is 10.7. The lowest BCUT2D eigenvalue weighted by molar-refractivity contribution is 0.393. The molecule has 2 nitrogen and oxygen atoms in total. The van der Waals surface area contributed by atoms with Gasteiger partial charge in [0.1, 0.15) is 5.76 Å². The van der Waals surface area contributed by atoms with Crippen LogP contribution < -0.4 is 0 Å². The number of aromatic nitrogens is 1. The van der Waals surface area contributed by atoms with E-state index in [0.29, 0.717) is 0 Å². The van der Waals surface area contributed by atoms with E-state index in [4.69, 9.17) is 4.52 Å². The summed E-state index contributed by atoms with van der Waals surface area (Å²) in [5.41, 5.74) is 9.51. The molecular formula is C27H25NO. The number of hydrogen-bond acceptors (Lipinski definition) is 2. The smallest absolute Gasteiger partial charge is 0.141 e. The second-order valence-corrected chi connectivity index (χ2v) is 7.22. The quantitative estimate of drug-likeness (QED) is 0.339. The maximum absolute atomic E-state index is 5.34. The molecule has 0 spiro atoms. The zero-order valence-corrected chi connectivity index (χ0v) is 17.1. The zero-order chi connectivity index (χ0) is 20.2. The van der Waals surface area contributed by atoms with Crippen LogP contribution in [0.2, 0.25) is 0 Å². The van der Waals surface area contributed by atoms with Gasteiger partial charge in [0.15, 0.2) is 0 Å². The third-order valence-electron chi connectivity index (χ3n) is 5.34. The molecule has 0 amide bonds. The summed E-state index contributed by atoms with van der Waals surface area (Å²) in [5, 5.41) is 4.09. The SMILES string of the molecule is CCC(=C(c1ccccc1)c1ccccc1)c1ccc(-c2c(C)noc2C)cc1.